The van der Waals surface area contributed by atoms with E-state index in [-0.39, 0.29) is 40.3 Å². The largest absolute Gasteiger partial charge is 0.339 e. The summed E-state index contributed by atoms with van der Waals surface area (Å²) in [6.07, 6.45) is 2.25. The molecule has 0 unspecified atom stereocenters. The number of hydrogen-bond donors (Lipinski definition) is 1. The first-order chi connectivity index (χ1) is 22.0. The molecule has 0 aliphatic carbocycles. The lowest BCUT2D eigenvalue weighted by molar-refractivity contribution is 0.0711. The molecule has 1 fully saturated rings. The SMILES string of the molecule is Cc1c(NS(=O)(=O)c2cc(C(=O)N3CCC(c4nn(-c5ccccc5)cc4F)CC3)c(Cl)cc2Cl)c(=O)n(-c2ccccc2)n1C. The number of nitrogens with zero attached hydrogens (tertiary/aromatic N) is 5. The number of aromatic nitrogens is 4. The van der Waals surface area contributed by atoms with Crippen molar-refractivity contribution in [1.29, 1.82) is 0 Å². The number of sulfonamides is 1. The van der Waals surface area contributed by atoms with Gasteiger partial charge >= 0.3 is 0 Å². The second-order valence-corrected chi connectivity index (χ2v) is 13.5. The zero-order chi connectivity index (χ0) is 32.7. The Balaban J connectivity index is 1.22. The molecule has 3 heterocycles. The highest BCUT2D eigenvalue weighted by Crippen LogP contribution is 2.34. The number of hydrogen-bond acceptors (Lipinski definition) is 5. The molecule has 0 bridgehead atoms. The number of para-hydroxylation sites is 2. The van der Waals surface area contributed by atoms with Crippen molar-refractivity contribution in [2.45, 2.75) is 30.6 Å². The summed E-state index contributed by atoms with van der Waals surface area (Å²) in [5.41, 5.74) is 1.20. The van der Waals surface area contributed by atoms with Crippen LogP contribution in [0.5, 0.6) is 0 Å². The molecular weight excluding hydrogens is 654 g/mol. The number of anilines is 1. The van der Waals surface area contributed by atoms with Crippen molar-refractivity contribution in [3.8, 4) is 11.4 Å². The molecule has 1 aliphatic heterocycles. The van der Waals surface area contributed by atoms with Gasteiger partial charge in [0.15, 0.2) is 5.82 Å². The standard InChI is InChI=1S/C32H29Cl2FN6O4S/c1-20-29(32(43)41(38(20)2)23-11-7-4-8-12-23)37-46(44,45)28-17-24(25(33)18-26(28)34)31(42)39-15-13-21(14-16-39)30-27(35)19-40(36-30)22-9-5-3-6-10-22/h3-12,17-19,21,37H,13-16H2,1-2H3. The monoisotopic (exact) mass is 682 g/mol. The first-order valence-corrected chi connectivity index (χ1v) is 16.7. The molecule has 10 nitrogen and oxygen atoms in total. The Morgan fingerprint density at radius 3 is 2.20 bits per heavy atom. The first-order valence-electron chi connectivity index (χ1n) is 14.4. The molecule has 1 aliphatic rings. The van der Waals surface area contributed by atoms with Crippen LogP contribution in [0.1, 0.15) is 40.5 Å². The van der Waals surface area contributed by atoms with Crippen LogP contribution in [0.2, 0.25) is 10.0 Å². The summed E-state index contributed by atoms with van der Waals surface area (Å²) >= 11 is 12.7. The summed E-state index contributed by atoms with van der Waals surface area (Å²) in [7, 11) is -2.80. The minimum Gasteiger partial charge on any atom is -0.339 e. The van der Waals surface area contributed by atoms with Crippen molar-refractivity contribution < 1.29 is 17.6 Å². The molecule has 238 valence electrons. The average molecular weight is 684 g/mol. The average Bonchev–Trinajstić information content (AvgIpc) is 3.53. The van der Waals surface area contributed by atoms with Crippen molar-refractivity contribution in [2.24, 2.45) is 7.05 Å². The van der Waals surface area contributed by atoms with E-state index < -0.39 is 32.2 Å². The van der Waals surface area contributed by atoms with Crippen LogP contribution in [0, 0.1) is 12.7 Å². The van der Waals surface area contributed by atoms with Crippen molar-refractivity contribution in [1.82, 2.24) is 24.0 Å². The van der Waals surface area contributed by atoms with Crippen LogP contribution in [0.25, 0.3) is 11.4 Å². The Bertz CT molecular complexity index is 2110. The molecule has 0 spiro atoms. The number of carbonyl (C=O) groups is 1. The zero-order valence-electron chi connectivity index (χ0n) is 24.8. The van der Waals surface area contributed by atoms with Gasteiger partial charge in [0.1, 0.15) is 16.3 Å². The van der Waals surface area contributed by atoms with Crippen LogP contribution >= 0.6 is 23.2 Å². The molecule has 3 aromatic carbocycles. The number of benzene rings is 3. The maximum absolute atomic E-state index is 14.9. The Morgan fingerprint density at radius 1 is 0.957 bits per heavy atom. The maximum Gasteiger partial charge on any atom is 0.296 e. The maximum atomic E-state index is 14.9. The van der Waals surface area contributed by atoms with Crippen molar-refractivity contribution in [2.75, 3.05) is 17.8 Å². The van der Waals surface area contributed by atoms with Gasteiger partial charge in [-0.1, -0.05) is 59.6 Å². The summed E-state index contributed by atoms with van der Waals surface area (Å²) in [6.45, 7) is 2.17. The van der Waals surface area contributed by atoms with Crippen molar-refractivity contribution in [3.63, 3.8) is 0 Å². The molecule has 0 atom stereocenters. The number of halogens is 3. The van der Waals surface area contributed by atoms with Crippen LogP contribution in [0.3, 0.4) is 0 Å². The summed E-state index contributed by atoms with van der Waals surface area (Å²) < 4.78 is 48.9. The number of piperidine rings is 1. The highest BCUT2D eigenvalue weighted by molar-refractivity contribution is 7.92. The topological polar surface area (TPSA) is 111 Å². The van der Waals surface area contributed by atoms with Gasteiger partial charge in [0.05, 0.1) is 38.9 Å². The predicted octanol–water partition coefficient (Wildman–Crippen LogP) is 5.94. The van der Waals surface area contributed by atoms with Gasteiger partial charge in [-0.05, 0) is 56.2 Å². The minimum atomic E-state index is -4.44. The van der Waals surface area contributed by atoms with Crippen LogP contribution in [-0.2, 0) is 17.1 Å². The molecule has 2 aromatic heterocycles. The van der Waals surface area contributed by atoms with Crippen LogP contribution in [-0.4, -0.2) is 51.5 Å². The molecule has 14 heteroatoms. The second-order valence-electron chi connectivity index (χ2n) is 11.0. The third kappa shape index (κ3) is 5.83. The molecule has 1 N–H and O–H groups in total. The Kier molecular flexibility index (Phi) is 8.53. The number of rotatable bonds is 7. The highest BCUT2D eigenvalue weighted by Gasteiger charge is 2.31. The van der Waals surface area contributed by atoms with Crippen LogP contribution in [0.4, 0.5) is 10.1 Å². The molecule has 5 aromatic rings. The summed E-state index contributed by atoms with van der Waals surface area (Å²) in [5.74, 6) is -1.11. The summed E-state index contributed by atoms with van der Waals surface area (Å²) in [5, 5.41) is 4.23. The molecule has 46 heavy (non-hydrogen) atoms. The lowest BCUT2D eigenvalue weighted by Gasteiger charge is -2.31. The van der Waals surface area contributed by atoms with E-state index in [9.17, 15) is 22.4 Å². The normalized spacial score (nSPS) is 14.1. The molecule has 0 saturated carbocycles. The second kappa shape index (κ2) is 12.4. The van der Waals surface area contributed by atoms with E-state index >= 15 is 0 Å². The van der Waals surface area contributed by atoms with Gasteiger partial charge in [-0.2, -0.15) is 5.10 Å². The summed E-state index contributed by atoms with van der Waals surface area (Å²) in [4.78, 5) is 28.1. The Hall–Kier alpha value is -4.39. The lowest BCUT2D eigenvalue weighted by atomic mass is 9.93. The van der Waals surface area contributed by atoms with E-state index in [0.717, 1.165) is 11.8 Å². The van der Waals surface area contributed by atoms with Gasteiger partial charge in [-0.25, -0.2) is 22.2 Å². The van der Waals surface area contributed by atoms with Gasteiger partial charge in [0.2, 0.25) is 0 Å². The number of likely N-dealkylation sites (tertiary alicyclic amines) is 1. The van der Waals surface area contributed by atoms with Crippen LogP contribution < -0.4 is 10.3 Å². The molecule has 0 radical (unpaired) electrons. The van der Waals surface area contributed by atoms with E-state index in [0.29, 0.717) is 29.9 Å². The number of carbonyl (C=O) groups excluding carboxylic acids is 1. The zero-order valence-corrected chi connectivity index (χ0v) is 27.2. The van der Waals surface area contributed by atoms with Gasteiger partial charge < -0.3 is 4.90 Å². The third-order valence-corrected chi connectivity index (χ3v) is 10.3. The molecule has 1 amide bonds. The van der Waals surface area contributed by atoms with Gasteiger partial charge in [0, 0.05) is 26.1 Å². The highest BCUT2D eigenvalue weighted by atomic mass is 35.5. The Morgan fingerprint density at radius 2 is 1.57 bits per heavy atom. The van der Waals surface area contributed by atoms with E-state index in [1.807, 2.05) is 30.3 Å². The number of nitrogens with one attached hydrogen (secondary N) is 1. The minimum absolute atomic E-state index is 0.0222. The van der Waals surface area contributed by atoms with Crippen LogP contribution in [0.15, 0.2) is 88.7 Å². The van der Waals surface area contributed by atoms with Crippen molar-refractivity contribution in [3.05, 3.63) is 122 Å². The van der Waals surface area contributed by atoms with Gasteiger partial charge in [-0.3, -0.25) is 19.0 Å². The number of amides is 1. The molecule has 6 rings (SSSR count). The van der Waals surface area contributed by atoms with Gasteiger partial charge in [-0.15, -0.1) is 0 Å². The molecule has 1 saturated heterocycles. The van der Waals surface area contributed by atoms with Crippen molar-refractivity contribution >= 4 is 44.8 Å². The van der Waals surface area contributed by atoms with E-state index in [1.54, 1.807) is 49.2 Å². The first kappa shape index (κ1) is 31.6. The molecular formula is C32H29Cl2FN6O4S. The lowest BCUT2D eigenvalue weighted by Crippen LogP contribution is -2.38. The summed E-state index contributed by atoms with van der Waals surface area (Å²) in [6, 6.07) is 20.3. The predicted molar refractivity (Wildman–Crippen MR) is 174 cm³/mol. The van der Waals surface area contributed by atoms with Gasteiger partial charge in [0.25, 0.3) is 21.5 Å². The Labute approximate surface area is 274 Å². The third-order valence-electron chi connectivity index (χ3n) is 8.22. The van der Waals surface area contributed by atoms with E-state index in [2.05, 4.69) is 9.82 Å². The fraction of sp³-hybridized carbons (Fsp3) is 0.219. The quantitative estimate of drug-likeness (QED) is 0.229. The van der Waals surface area contributed by atoms with E-state index in [4.69, 9.17) is 23.2 Å². The smallest absolute Gasteiger partial charge is 0.296 e. The van der Waals surface area contributed by atoms with E-state index in [1.165, 1.54) is 26.3 Å². The fourth-order valence-corrected chi connectivity index (χ4v) is 7.63. The fourth-order valence-electron chi connectivity index (χ4n) is 5.66.